The van der Waals surface area contributed by atoms with Crippen molar-refractivity contribution in [2.45, 2.75) is 46.8 Å². The highest BCUT2D eigenvalue weighted by Crippen LogP contribution is 2.22. The van der Waals surface area contributed by atoms with Crippen LogP contribution in [0.4, 0.5) is 0 Å². The summed E-state index contributed by atoms with van der Waals surface area (Å²) < 4.78 is 7.67. The number of nitriles is 1. The number of carbonyl (C=O) groups is 1. The highest BCUT2D eigenvalue weighted by atomic mass is 16.5. The second kappa shape index (κ2) is 8.13. The number of carbonyl (C=O) groups excluding carboxylic acids is 1. The number of aromatic amines is 1. The molecular formula is C22H24N4O2. The summed E-state index contributed by atoms with van der Waals surface area (Å²) in [5.74, 6) is -0.108. The number of aryl methyl sites for hydroxylation is 1. The van der Waals surface area contributed by atoms with Gasteiger partial charge in [0.15, 0.2) is 6.10 Å². The van der Waals surface area contributed by atoms with Gasteiger partial charge in [0.2, 0.25) is 0 Å². The molecule has 6 nitrogen and oxygen atoms in total. The molecular weight excluding hydrogens is 352 g/mol. The molecule has 0 aliphatic carbocycles. The van der Waals surface area contributed by atoms with Gasteiger partial charge in [0.1, 0.15) is 17.5 Å². The molecule has 0 radical (unpaired) electrons. The Kier molecular flexibility index (Phi) is 5.65. The van der Waals surface area contributed by atoms with Crippen molar-refractivity contribution >= 4 is 23.1 Å². The van der Waals surface area contributed by atoms with E-state index in [0.717, 1.165) is 41.0 Å². The predicted molar refractivity (Wildman–Crippen MR) is 108 cm³/mol. The fraction of sp³-hybridized carbons (Fsp3) is 0.318. The van der Waals surface area contributed by atoms with Gasteiger partial charge in [-0.3, -0.25) is 0 Å². The summed E-state index contributed by atoms with van der Waals surface area (Å²) in [6.07, 6.45) is 2.02. The highest BCUT2D eigenvalue weighted by Gasteiger charge is 2.19. The normalized spacial score (nSPS) is 12.8. The first-order valence-corrected chi connectivity index (χ1v) is 9.38. The molecule has 3 rings (SSSR count). The number of hydrogen-bond acceptors (Lipinski definition) is 4. The number of esters is 1. The molecule has 0 aliphatic heterocycles. The van der Waals surface area contributed by atoms with E-state index in [0.29, 0.717) is 5.82 Å². The number of aromatic nitrogens is 3. The predicted octanol–water partition coefficient (Wildman–Crippen LogP) is 4.60. The maximum Gasteiger partial charge on any atom is 0.349 e. The molecule has 0 bridgehead atoms. The Morgan fingerprint density at radius 1 is 1.39 bits per heavy atom. The van der Waals surface area contributed by atoms with E-state index in [2.05, 4.69) is 21.5 Å². The Morgan fingerprint density at radius 2 is 2.14 bits per heavy atom. The second-order valence-corrected chi connectivity index (χ2v) is 6.83. The van der Waals surface area contributed by atoms with Crippen LogP contribution in [0, 0.1) is 25.2 Å². The molecule has 0 spiro atoms. The molecule has 6 heteroatoms. The van der Waals surface area contributed by atoms with E-state index in [1.807, 2.05) is 50.2 Å². The summed E-state index contributed by atoms with van der Waals surface area (Å²) in [7, 11) is 0. The SMILES string of the molecule is CCCn1c(C)cc(/C=C(/C#N)C(=O)O[C@H](C)c2nc3ccccc3[nH]2)c1C. The van der Waals surface area contributed by atoms with Gasteiger partial charge in [-0.05, 0) is 57.0 Å². The summed E-state index contributed by atoms with van der Waals surface area (Å²) in [6, 6.07) is 11.6. The fourth-order valence-electron chi connectivity index (χ4n) is 3.28. The van der Waals surface area contributed by atoms with Crippen LogP contribution < -0.4 is 0 Å². The number of H-pyrrole nitrogens is 1. The van der Waals surface area contributed by atoms with Crippen LogP contribution in [-0.2, 0) is 16.1 Å². The fourth-order valence-corrected chi connectivity index (χ4v) is 3.28. The molecule has 2 heterocycles. The van der Waals surface area contributed by atoms with Gasteiger partial charge in [0.25, 0.3) is 0 Å². The number of rotatable bonds is 6. The Morgan fingerprint density at radius 3 is 2.82 bits per heavy atom. The van der Waals surface area contributed by atoms with Crippen molar-refractivity contribution in [1.29, 1.82) is 5.26 Å². The van der Waals surface area contributed by atoms with Crippen molar-refractivity contribution < 1.29 is 9.53 Å². The minimum Gasteiger partial charge on any atom is -0.450 e. The van der Waals surface area contributed by atoms with Crippen LogP contribution in [0.1, 0.15) is 49.1 Å². The third-order valence-electron chi connectivity index (χ3n) is 4.78. The summed E-state index contributed by atoms with van der Waals surface area (Å²) in [5, 5.41) is 9.48. The van der Waals surface area contributed by atoms with Gasteiger partial charge in [-0.25, -0.2) is 9.78 Å². The van der Waals surface area contributed by atoms with Crippen LogP contribution in [0.2, 0.25) is 0 Å². The molecule has 0 saturated heterocycles. The number of ether oxygens (including phenoxy) is 1. The number of para-hydroxylation sites is 2. The molecule has 0 fully saturated rings. The van der Waals surface area contributed by atoms with Gasteiger partial charge in [-0.2, -0.15) is 5.26 Å². The van der Waals surface area contributed by atoms with Gasteiger partial charge in [-0.1, -0.05) is 19.1 Å². The van der Waals surface area contributed by atoms with E-state index in [-0.39, 0.29) is 5.57 Å². The van der Waals surface area contributed by atoms with Crippen LogP contribution in [0.15, 0.2) is 35.9 Å². The van der Waals surface area contributed by atoms with Gasteiger partial charge in [-0.15, -0.1) is 0 Å². The van der Waals surface area contributed by atoms with Crippen LogP contribution >= 0.6 is 0 Å². The zero-order valence-electron chi connectivity index (χ0n) is 16.6. The van der Waals surface area contributed by atoms with Gasteiger partial charge < -0.3 is 14.3 Å². The molecule has 3 aromatic rings. The molecule has 144 valence electrons. The number of nitrogens with zero attached hydrogens (tertiary/aromatic N) is 3. The summed E-state index contributed by atoms with van der Waals surface area (Å²) >= 11 is 0. The van der Waals surface area contributed by atoms with Crippen LogP contribution in [0.25, 0.3) is 17.1 Å². The van der Waals surface area contributed by atoms with E-state index >= 15 is 0 Å². The molecule has 1 N–H and O–H groups in total. The van der Waals surface area contributed by atoms with Crippen molar-refractivity contribution in [3.63, 3.8) is 0 Å². The number of fused-ring (bicyclic) bond motifs is 1. The minimum atomic E-state index is -0.657. The average molecular weight is 376 g/mol. The van der Waals surface area contributed by atoms with Crippen molar-refractivity contribution in [3.05, 3.63) is 58.7 Å². The molecule has 0 saturated carbocycles. The topological polar surface area (TPSA) is 83.7 Å². The van der Waals surface area contributed by atoms with E-state index in [1.165, 1.54) is 0 Å². The maximum absolute atomic E-state index is 12.5. The number of benzene rings is 1. The zero-order chi connectivity index (χ0) is 20.3. The summed E-state index contributed by atoms with van der Waals surface area (Å²) in [6.45, 7) is 8.77. The first-order chi connectivity index (χ1) is 13.4. The first kappa shape index (κ1) is 19.4. The monoisotopic (exact) mass is 376 g/mol. The van der Waals surface area contributed by atoms with E-state index in [4.69, 9.17) is 4.74 Å². The van der Waals surface area contributed by atoms with Crippen LogP contribution in [0.5, 0.6) is 0 Å². The lowest BCUT2D eigenvalue weighted by Crippen LogP contribution is -2.11. The van der Waals surface area contributed by atoms with E-state index in [9.17, 15) is 10.1 Å². The Labute approximate surface area is 164 Å². The summed E-state index contributed by atoms with van der Waals surface area (Å²) in [4.78, 5) is 20.1. The van der Waals surface area contributed by atoms with Crippen molar-refractivity contribution in [1.82, 2.24) is 14.5 Å². The van der Waals surface area contributed by atoms with Gasteiger partial charge in [0.05, 0.1) is 11.0 Å². The molecule has 0 amide bonds. The average Bonchev–Trinajstić information content (AvgIpc) is 3.22. The molecule has 0 unspecified atom stereocenters. The van der Waals surface area contributed by atoms with Crippen molar-refractivity contribution in [3.8, 4) is 6.07 Å². The van der Waals surface area contributed by atoms with Crippen LogP contribution in [-0.4, -0.2) is 20.5 Å². The standard InChI is InChI=1S/C22H24N4O2/c1-5-10-26-14(2)11-17(15(26)3)12-18(13-23)22(27)28-16(4)21-24-19-8-6-7-9-20(19)25-21/h6-9,11-12,16H,5,10H2,1-4H3,(H,24,25)/b18-12-/t16-/m1/s1. The van der Waals surface area contributed by atoms with Gasteiger partial charge in [0, 0.05) is 17.9 Å². The van der Waals surface area contributed by atoms with Crippen molar-refractivity contribution in [2.75, 3.05) is 0 Å². The maximum atomic E-state index is 12.5. The lowest BCUT2D eigenvalue weighted by Gasteiger charge is -2.10. The summed E-state index contributed by atoms with van der Waals surface area (Å²) in [5.41, 5.74) is 4.65. The Balaban J connectivity index is 1.81. The molecule has 1 atom stereocenters. The second-order valence-electron chi connectivity index (χ2n) is 6.83. The third-order valence-corrected chi connectivity index (χ3v) is 4.78. The molecule has 1 aromatic carbocycles. The van der Waals surface area contributed by atoms with Gasteiger partial charge >= 0.3 is 5.97 Å². The smallest absolute Gasteiger partial charge is 0.349 e. The highest BCUT2D eigenvalue weighted by molar-refractivity contribution is 5.98. The lowest BCUT2D eigenvalue weighted by atomic mass is 10.1. The number of hydrogen-bond donors (Lipinski definition) is 1. The quantitative estimate of drug-likeness (QED) is 0.387. The van der Waals surface area contributed by atoms with Crippen LogP contribution in [0.3, 0.4) is 0 Å². The number of nitrogens with one attached hydrogen (secondary N) is 1. The molecule has 0 aliphatic rings. The van der Waals surface area contributed by atoms with Crippen molar-refractivity contribution in [2.24, 2.45) is 0 Å². The Hall–Kier alpha value is -3.33. The lowest BCUT2D eigenvalue weighted by molar-refractivity contribution is -0.143. The molecule has 2 aromatic heterocycles. The van der Waals surface area contributed by atoms with E-state index < -0.39 is 12.1 Å². The Bertz CT molecular complexity index is 1050. The van der Waals surface area contributed by atoms with E-state index in [1.54, 1.807) is 13.0 Å². The largest absolute Gasteiger partial charge is 0.450 e. The number of imidazole rings is 1. The third kappa shape index (κ3) is 3.84. The first-order valence-electron chi connectivity index (χ1n) is 9.38. The molecule has 28 heavy (non-hydrogen) atoms. The zero-order valence-corrected chi connectivity index (χ0v) is 16.6. The minimum absolute atomic E-state index is 0.0280.